The topological polar surface area (TPSA) is 119 Å². The fourth-order valence-electron chi connectivity index (χ4n) is 1.91. The van der Waals surface area contributed by atoms with E-state index in [-0.39, 0.29) is 64.7 Å². The molecule has 0 unspecified atom stereocenters. The summed E-state index contributed by atoms with van der Waals surface area (Å²) in [6.07, 6.45) is 2.04. The number of hydrogen-bond acceptors (Lipinski definition) is 5. The summed E-state index contributed by atoms with van der Waals surface area (Å²) in [4.78, 5) is 32.1. The molecule has 8 nitrogen and oxygen atoms in total. The molecule has 0 aromatic heterocycles. The van der Waals surface area contributed by atoms with Crippen LogP contribution in [0.4, 0.5) is 0 Å². The molecule has 1 aromatic carbocycles. The van der Waals surface area contributed by atoms with Crippen LogP contribution in [0.1, 0.15) is 31.7 Å². The molecule has 0 bridgehead atoms. The Labute approximate surface area is 188 Å². The van der Waals surface area contributed by atoms with E-state index in [4.69, 9.17) is 33.0 Å². The maximum Gasteiger partial charge on any atom is 0.322 e. The summed E-state index contributed by atoms with van der Waals surface area (Å²) in [5.74, 6) is -1.22. The Kier molecular flexibility index (Phi) is 12.3. The number of carbonyl (C=O) groups is 2. The third-order valence-corrected chi connectivity index (χ3v) is 4.12. The molecule has 0 heterocycles. The molecule has 1 rings (SSSR count). The monoisotopic (exact) mass is 427 g/mol. The molecule has 1 aromatic rings. The Morgan fingerprint density at radius 3 is 2.56 bits per heavy atom. The molecule has 143 valence electrons. The third-order valence-electron chi connectivity index (χ3n) is 3.24. The average Bonchev–Trinajstić information content (AvgIpc) is 2.59. The number of allylic oxidation sites excluding steroid dienone is 1. The van der Waals surface area contributed by atoms with Crippen molar-refractivity contribution in [2.75, 3.05) is 13.2 Å². The van der Waals surface area contributed by atoms with Crippen molar-refractivity contribution in [2.45, 2.75) is 26.2 Å². The van der Waals surface area contributed by atoms with Gasteiger partial charge in [-0.1, -0.05) is 30.1 Å². The number of rotatable bonds is 10. The van der Waals surface area contributed by atoms with E-state index >= 15 is 0 Å². The fourth-order valence-corrected chi connectivity index (χ4v) is 2.35. The van der Waals surface area contributed by atoms with Crippen LogP contribution < -0.4 is 10.1 Å². The molecule has 0 spiro atoms. The largest absolute Gasteiger partial charge is 0.492 e. The predicted molar refractivity (Wildman–Crippen MR) is 103 cm³/mol. The second-order valence-electron chi connectivity index (χ2n) is 5.15. The van der Waals surface area contributed by atoms with Gasteiger partial charge in [0.1, 0.15) is 17.3 Å². The molecule has 0 aliphatic carbocycles. The third kappa shape index (κ3) is 8.94. The van der Waals surface area contributed by atoms with Crippen molar-refractivity contribution in [1.29, 1.82) is 0 Å². The summed E-state index contributed by atoms with van der Waals surface area (Å²) in [6.45, 7) is 1.40. The van der Waals surface area contributed by atoms with Crippen LogP contribution in [0.25, 0.3) is 6.08 Å². The number of carbonyl (C=O) groups excluding carboxylic acids is 1. The van der Waals surface area contributed by atoms with Crippen LogP contribution >= 0.6 is 23.2 Å². The Bertz CT molecular complexity index is 727. The Morgan fingerprint density at radius 1 is 1.33 bits per heavy atom. The molecule has 0 atom stereocenters. The van der Waals surface area contributed by atoms with Gasteiger partial charge in [-0.25, -0.2) is 0 Å². The quantitative estimate of drug-likeness (QED) is 0.256. The van der Waals surface area contributed by atoms with E-state index in [9.17, 15) is 19.7 Å². The summed E-state index contributed by atoms with van der Waals surface area (Å²) in [5.41, 5.74) is 0.412. The number of nitrogens with one attached hydrogen (secondary N) is 1. The van der Waals surface area contributed by atoms with Crippen molar-refractivity contribution in [3.63, 3.8) is 0 Å². The summed E-state index contributed by atoms with van der Waals surface area (Å²) in [5, 5.41) is 21.8. The first-order valence-corrected chi connectivity index (χ1v) is 8.46. The van der Waals surface area contributed by atoms with E-state index < -0.39 is 23.3 Å². The van der Waals surface area contributed by atoms with Crippen molar-refractivity contribution >= 4 is 70.7 Å². The first-order chi connectivity index (χ1) is 12.3. The maximum absolute atomic E-state index is 11.4. The summed E-state index contributed by atoms with van der Waals surface area (Å²) in [6, 6.07) is 3.10. The Balaban J connectivity index is 0.00000676. The number of ether oxygens (including phenoxy) is 1. The summed E-state index contributed by atoms with van der Waals surface area (Å²) < 4.78 is 5.46. The fraction of sp³-hybridized carbons (Fsp3) is 0.375. The summed E-state index contributed by atoms with van der Waals surface area (Å²) in [7, 11) is 0. The van der Waals surface area contributed by atoms with E-state index in [0.29, 0.717) is 17.7 Å². The van der Waals surface area contributed by atoms with Crippen LogP contribution in [0.3, 0.4) is 0 Å². The zero-order valence-electron chi connectivity index (χ0n) is 15.0. The van der Waals surface area contributed by atoms with Gasteiger partial charge in [0.05, 0.1) is 16.6 Å². The van der Waals surface area contributed by atoms with E-state index in [2.05, 4.69) is 5.32 Å². The average molecular weight is 428 g/mol. The molecule has 0 fully saturated rings. The van der Waals surface area contributed by atoms with Crippen molar-refractivity contribution < 1.29 is 24.4 Å². The molecule has 2 N–H and O–H groups in total. The van der Waals surface area contributed by atoms with Gasteiger partial charge >= 0.3 is 5.97 Å². The number of nitrogens with zero attached hydrogens (tertiary/aromatic N) is 1. The number of hydrogen-bond donors (Lipinski definition) is 2. The second-order valence-corrected chi connectivity index (χ2v) is 5.91. The Morgan fingerprint density at radius 2 is 2.00 bits per heavy atom. The van der Waals surface area contributed by atoms with Gasteiger partial charge in [0.2, 0.25) is 11.6 Å². The number of carboxylic acids is 1. The standard InChI is InChI=1S/C16H18Cl2N2O6.Na/c1-2-11(20(24)25)8-10-5-6-12(16(18)15(10)17)26-7-3-4-13(21)19-9-14(22)23;/h5-6,8H,2-4,7,9H2,1H3,(H,19,21)(H,22,23);/b11-8+;. The minimum absolute atomic E-state index is 0. The van der Waals surface area contributed by atoms with Gasteiger partial charge in [-0.3, -0.25) is 19.7 Å². The van der Waals surface area contributed by atoms with Crippen molar-refractivity contribution in [3.05, 3.63) is 43.6 Å². The van der Waals surface area contributed by atoms with E-state index in [1.165, 1.54) is 12.1 Å². The Hall–Kier alpha value is -1.32. The molecule has 0 saturated heterocycles. The van der Waals surface area contributed by atoms with Gasteiger partial charge in [0.25, 0.3) is 0 Å². The number of benzene rings is 1. The minimum atomic E-state index is -1.12. The van der Waals surface area contributed by atoms with Crippen LogP contribution in [0, 0.1) is 10.1 Å². The van der Waals surface area contributed by atoms with Gasteiger partial charge in [0.15, 0.2) is 0 Å². The van der Waals surface area contributed by atoms with Crippen molar-refractivity contribution in [1.82, 2.24) is 5.32 Å². The van der Waals surface area contributed by atoms with Gasteiger partial charge < -0.3 is 15.2 Å². The van der Waals surface area contributed by atoms with E-state index in [1.807, 2.05) is 0 Å². The molecule has 1 radical (unpaired) electrons. The predicted octanol–water partition coefficient (Wildman–Crippen LogP) is 3.00. The van der Waals surface area contributed by atoms with Crippen molar-refractivity contribution in [3.8, 4) is 5.75 Å². The van der Waals surface area contributed by atoms with Crippen LogP contribution in [0.2, 0.25) is 10.0 Å². The smallest absolute Gasteiger partial charge is 0.322 e. The first-order valence-electron chi connectivity index (χ1n) is 7.70. The molecule has 1 amide bonds. The zero-order chi connectivity index (χ0) is 19.7. The molecular formula is C16H18Cl2N2NaO6. The molecule has 11 heteroatoms. The summed E-state index contributed by atoms with van der Waals surface area (Å²) >= 11 is 12.3. The van der Waals surface area contributed by atoms with Crippen LogP contribution in [0.15, 0.2) is 17.8 Å². The number of carboxylic acid groups (broad SMARTS) is 1. The molecular weight excluding hydrogens is 410 g/mol. The van der Waals surface area contributed by atoms with E-state index in [0.717, 1.165) is 0 Å². The van der Waals surface area contributed by atoms with Gasteiger partial charge in [0, 0.05) is 54.0 Å². The SMILES string of the molecule is CC/C(=C\c1ccc(OCCCC(=O)NCC(=O)O)c(Cl)c1Cl)[N+](=O)[O-].[Na]. The number of halogens is 2. The van der Waals surface area contributed by atoms with Gasteiger partial charge in [-0.2, -0.15) is 0 Å². The normalized spacial score (nSPS) is 10.7. The number of amides is 1. The zero-order valence-corrected chi connectivity index (χ0v) is 18.5. The number of nitro groups is 1. The van der Waals surface area contributed by atoms with Crippen LogP contribution in [0.5, 0.6) is 5.75 Å². The van der Waals surface area contributed by atoms with Gasteiger partial charge in [-0.05, 0) is 18.6 Å². The first kappa shape index (κ1) is 25.7. The van der Waals surface area contributed by atoms with Crippen LogP contribution in [-0.2, 0) is 9.59 Å². The second kappa shape index (κ2) is 13.0. The molecule has 0 aliphatic heterocycles. The van der Waals surface area contributed by atoms with Crippen LogP contribution in [-0.4, -0.2) is 64.6 Å². The minimum Gasteiger partial charge on any atom is -0.492 e. The number of aliphatic carboxylic acids is 1. The molecule has 0 aliphatic rings. The van der Waals surface area contributed by atoms with E-state index in [1.54, 1.807) is 13.0 Å². The molecule has 0 saturated carbocycles. The maximum atomic E-state index is 11.4. The van der Waals surface area contributed by atoms with Gasteiger partial charge in [-0.15, -0.1) is 0 Å². The van der Waals surface area contributed by atoms with Crippen molar-refractivity contribution in [2.24, 2.45) is 0 Å². The molecule has 27 heavy (non-hydrogen) atoms.